The molecule has 6 heteroatoms. The lowest BCUT2D eigenvalue weighted by molar-refractivity contribution is -0.0200. The van der Waals surface area contributed by atoms with Crippen LogP contribution < -0.4 is 0 Å². The van der Waals surface area contributed by atoms with Gasteiger partial charge in [-0.1, -0.05) is 13.8 Å². The molecule has 0 radical (unpaired) electrons. The van der Waals surface area contributed by atoms with Crippen LogP contribution in [-0.4, -0.2) is 45.7 Å². The molecule has 2 heterocycles. The van der Waals surface area contributed by atoms with E-state index in [1.807, 2.05) is 6.92 Å². The van der Waals surface area contributed by atoms with Crippen molar-refractivity contribution in [1.29, 1.82) is 0 Å². The highest BCUT2D eigenvalue weighted by atomic mass is 16.4. The number of aromatic carboxylic acids is 1. The Balaban J connectivity index is 2.13. The number of carboxylic acids is 1. The monoisotopic (exact) mass is 295 g/mol. The van der Waals surface area contributed by atoms with Crippen molar-refractivity contribution in [2.45, 2.75) is 45.1 Å². The van der Waals surface area contributed by atoms with E-state index in [1.165, 1.54) is 6.07 Å². The molecule has 1 amide bonds. The fourth-order valence-corrected chi connectivity index (χ4v) is 2.61. The number of nitrogens with zero attached hydrogens (tertiary/aromatic N) is 1. The SMILES string of the molecule is CCc1oc(C(=O)N2CCC(O)(CC)CC2)cc1C(=O)O. The molecule has 1 aliphatic heterocycles. The second-order valence-corrected chi connectivity index (χ2v) is 5.48. The van der Waals surface area contributed by atoms with Gasteiger partial charge in [-0.2, -0.15) is 0 Å². The highest BCUT2D eigenvalue weighted by molar-refractivity contribution is 5.96. The van der Waals surface area contributed by atoms with Crippen molar-refractivity contribution >= 4 is 11.9 Å². The molecule has 1 saturated heterocycles. The van der Waals surface area contributed by atoms with E-state index >= 15 is 0 Å². The van der Waals surface area contributed by atoms with Crippen LogP contribution in [-0.2, 0) is 6.42 Å². The van der Waals surface area contributed by atoms with Crippen molar-refractivity contribution in [3.05, 3.63) is 23.2 Å². The molecule has 2 rings (SSSR count). The summed E-state index contributed by atoms with van der Waals surface area (Å²) in [6.07, 6.45) is 2.15. The number of hydrogen-bond donors (Lipinski definition) is 2. The number of aliphatic hydroxyl groups is 1. The van der Waals surface area contributed by atoms with Crippen LogP contribution in [0.25, 0.3) is 0 Å². The van der Waals surface area contributed by atoms with E-state index in [4.69, 9.17) is 9.52 Å². The number of piperidine rings is 1. The highest BCUT2D eigenvalue weighted by Gasteiger charge is 2.33. The molecule has 1 aromatic rings. The van der Waals surface area contributed by atoms with Crippen molar-refractivity contribution in [2.24, 2.45) is 0 Å². The molecule has 1 aliphatic rings. The summed E-state index contributed by atoms with van der Waals surface area (Å²) in [7, 11) is 0. The van der Waals surface area contributed by atoms with E-state index in [1.54, 1.807) is 11.8 Å². The first-order valence-corrected chi connectivity index (χ1v) is 7.28. The summed E-state index contributed by atoms with van der Waals surface area (Å²) in [6, 6.07) is 1.30. The van der Waals surface area contributed by atoms with Gasteiger partial charge in [-0.15, -0.1) is 0 Å². The predicted octanol–water partition coefficient (Wildman–Crippen LogP) is 1.92. The van der Waals surface area contributed by atoms with E-state index in [9.17, 15) is 14.7 Å². The van der Waals surface area contributed by atoms with Gasteiger partial charge in [0.25, 0.3) is 5.91 Å². The minimum Gasteiger partial charge on any atom is -0.478 e. The zero-order valence-corrected chi connectivity index (χ0v) is 12.4. The van der Waals surface area contributed by atoms with Crippen LogP contribution >= 0.6 is 0 Å². The molecule has 0 aromatic carbocycles. The first kappa shape index (κ1) is 15.6. The lowest BCUT2D eigenvalue weighted by Crippen LogP contribution is -2.46. The Hall–Kier alpha value is -1.82. The van der Waals surface area contributed by atoms with Gasteiger partial charge >= 0.3 is 5.97 Å². The van der Waals surface area contributed by atoms with Crippen LogP contribution in [0.15, 0.2) is 10.5 Å². The van der Waals surface area contributed by atoms with Crippen molar-refractivity contribution in [1.82, 2.24) is 4.90 Å². The predicted molar refractivity (Wildman–Crippen MR) is 75.4 cm³/mol. The number of amides is 1. The van der Waals surface area contributed by atoms with Gasteiger partial charge in [0.05, 0.1) is 5.60 Å². The van der Waals surface area contributed by atoms with Crippen LogP contribution in [0, 0.1) is 0 Å². The van der Waals surface area contributed by atoms with Crippen LogP contribution in [0.1, 0.15) is 59.8 Å². The summed E-state index contributed by atoms with van der Waals surface area (Å²) in [5.41, 5.74) is -0.649. The first-order valence-electron chi connectivity index (χ1n) is 7.28. The van der Waals surface area contributed by atoms with Gasteiger partial charge in [-0.3, -0.25) is 4.79 Å². The van der Waals surface area contributed by atoms with Crippen molar-refractivity contribution < 1.29 is 24.2 Å². The molecule has 0 bridgehead atoms. The van der Waals surface area contributed by atoms with E-state index < -0.39 is 11.6 Å². The third-order valence-corrected chi connectivity index (χ3v) is 4.21. The maximum Gasteiger partial charge on any atom is 0.339 e. The van der Waals surface area contributed by atoms with Crippen LogP contribution in [0.5, 0.6) is 0 Å². The van der Waals surface area contributed by atoms with Gasteiger partial charge < -0.3 is 19.5 Å². The fraction of sp³-hybridized carbons (Fsp3) is 0.600. The zero-order valence-electron chi connectivity index (χ0n) is 12.4. The van der Waals surface area contributed by atoms with Gasteiger partial charge in [0.2, 0.25) is 0 Å². The molecular formula is C15H21NO5. The van der Waals surface area contributed by atoms with E-state index in [2.05, 4.69) is 0 Å². The molecule has 0 unspecified atom stereocenters. The summed E-state index contributed by atoms with van der Waals surface area (Å²) in [4.78, 5) is 25.1. The number of likely N-dealkylation sites (tertiary alicyclic amines) is 1. The molecule has 2 N–H and O–H groups in total. The van der Waals surface area contributed by atoms with Gasteiger partial charge in [0, 0.05) is 25.6 Å². The Kier molecular flexibility index (Phi) is 4.37. The molecule has 1 aromatic heterocycles. The number of carbonyl (C=O) groups excluding carboxylic acids is 1. The van der Waals surface area contributed by atoms with Gasteiger partial charge in [0.1, 0.15) is 11.3 Å². The molecule has 0 saturated carbocycles. The number of aryl methyl sites for hydroxylation is 1. The molecule has 6 nitrogen and oxygen atoms in total. The van der Waals surface area contributed by atoms with Crippen LogP contribution in [0.2, 0.25) is 0 Å². The lowest BCUT2D eigenvalue weighted by Gasteiger charge is -2.37. The Bertz CT molecular complexity index is 540. The highest BCUT2D eigenvalue weighted by Crippen LogP contribution is 2.27. The third-order valence-electron chi connectivity index (χ3n) is 4.21. The number of carbonyl (C=O) groups is 2. The second kappa shape index (κ2) is 5.89. The summed E-state index contributed by atoms with van der Waals surface area (Å²) >= 11 is 0. The van der Waals surface area contributed by atoms with Crippen molar-refractivity contribution in [3.63, 3.8) is 0 Å². The topological polar surface area (TPSA) is 91.0 Å². The summed E-state index contributed by atoms with van der Waals surface area (Å²) in [6.45, 7) is 4.61. The molecule has 1 fully saturated rings. The van der Waals surface area contributed by atoms with Crippen LogP contribution in [0.4, 0.5) is 0 Å². The van der Waals surface area contributed by atoms with Crippen LogP contribution in [0.3, 0.4) is 0 Å². The minimum absolute atomic E-state index is 0.0444. The Morgan fingerprint density at radius 2 is 1.95 bits per heavy atom. The normalized spacial score (nSPS) is 17.8. The van der Waals surface area contributed by atoms with E-state index in [0.717, 1.165) is 0 Å². The zero-order chi connectivity index (χ0) is 15.6. The van der Waals surface area contributed by atoms with Gasteiger partial charge in [0.15, 0.2) is 5.76 Å². The Morgan fingerprint density at radius 3 is 2.38 bits per heavy atom. The summed E-state index contributed by atoms with van der Waals surface area (Å²) < 4.78 is 5.38. The lowest BCUT2D eigenvalue weighted by atomic mass is 9.89. The first-order chi connectivity index (χ1) is 9.90. The van der Waals surface area contributed by atoms with Crippen molar-refractivity contribution in [3.8, 4) is 0 Å². The molecular weight excluding hydrogens is 274 g/mol. The van der Waals surface area contributed by atoms with Gasteiger partial charge in [-0.05, 0) is 19.3 Å². The average Bonchev–Trinajstić information content (AvgIpc) is 2.92. The number of carboxylic acid groups (broad SMARTS) is 1. The Labute approximate surface area is 123 Å². The number of rotatable bonds is 4. The average molecular weight is 295 g/mol. The standard InChI is InChI=1S/C15H21NO5/c1-3-11-10(14(18)19)9-12(21-11)13(17)16-7-5-15(20,4-2)6-8-16/h9,20H,3-8H2,1-2H3,(H,18,19). The largest absolute Gasteiger partial charge is 0.478 e. The summed E-state index contributed by atoms with van der Waals surface area (Å²) in [5, 5.41) is 19.3. The fourth-order valence-electron chi connectivity index (χ4n) is 2.61. The third kappa shape index (κ3) is 3.10. The van der Waals surface area contributed by atoms with Crippen molar-refractivity contribution in [2.75, 3.05) is 13.1 Å². The number of hydrogen-bond acceptors (Lipinski definition) is 4. The molecule has 0 aliphatic carbocycles. The molecule has 116 valence electrons. The molecule has 0 atom stereocenters. The Morgan fingerprint density at radius 1 is 1.33 bits per heavy atom. The molecule has 21 heavy (non-hydrogen) atoms. The van der Waals surface area contributed by atoms with Gasteiger partial charge in [-0.25, -0.2) is 4.79 Å². The number of furan rings is 1. The quantitative estimate of drug-likeness (QED) is 0.885. The summed E-state index contributed by atoms with van der Waals surface area (Å²) in [5.74, 6) is -1.02. The minimum atomic E-state index is -1.09. The second-order valence-electron chi connectivity index (χ2n) is 5.48. The molecule has 0 spiro atoms. The van der Waals surface area contributed by atoms with E-state index in [-0.39, 0.29) is 17.2 Å². The van der Waals surface area contributed by atoms with E-state index in [0.29, 0.717) is 44.5 Å². The maximum atomic E-state index is 12.4. The maximum absolute atomic E-state index is 12.4. The smallest absolute Gasteiger partial charge is 0.339 e.